The van der Waals surface area contributed by atoms with Crippen LogP contribution in [0.25, 0.3) is 0 Å². The van der Waals surface area contributed by atoms with Crippen LogP contribution in [0.15, 0.2) is 16.6 Å². The average Bonchev–Trinajstić information content (AvgIpc) is 2.12. The van der Waals surface area contributed by atoms with Crippen molar-refractivity contribution in [3.63, 3.8) is 0 Å². The average molecular weight is 266 g/mol. The molecule has 0 aliphatic carbocycles. The summed E-state index contributed by atoms with van der Waals surface area (Å²) in [6.45, 7) is 0. The lowest BCUT2D eigenvalue weighted by Gasteiger charge is -2.04. The minimum absolute atomic E-state index is 0.0871. The molecule has 0 atom stereocenters. The third-order valence-electron chi connectivity index (χ3n) is 1.65. The smallest absolute Gasteiger partial charge is 0.146 e. The predicted octanol–water partition coefficient (Wildman–Crippen LogP) is 3.37. The lowest BCUT2D eigenvalue weighted by molar-refractivity contribution is -0.107. The molecule has 0 aromatic heterocycles. The maximum atomic E-state index is 13.3. The zero-order chi connectivity index (χ0) is 9.84. The van der Waals surface area contributed by atoms with E-state index in [2.05, 4.69) is 15.9 Å². The topological polar surface area (TPSA) is 17.1 Å². The van der Waals surface area contributed by atoms with Gasteiger partial charge >= 0.3 is 0 Å². The summed E-state index contributed by atoms with van der Waals surface area (Å²) in [7, 11) is 0. The summed E-state index contributed by atoms with van der Waals surface area (Å²) in [5.74, 6) is -0.446. The first-order valence-electron chi connectivity index (χ1n) is 3.73. The van der Waals surface area contributed by atoms with Gasteiger partial charge in [-0.15, -0.1) is 0 Å². The van der Waals surface area contributed by atoms with Crippen LogP contribution in [0.3, 0.4) is 0 Å². The van der Waals surface area contributed by atoms with Crippen molar-refractivity contribution in [3.8, 4) is 0 Å². The number of aldehydes is 1. The molecule has 13 heavy (non-hydrogen) atoms. The molecule has 0 bridgehead atoms. The van der Waals surface area contributed by atoms with Crippen molar-refractivity contribution in [3.05, 3.63) is 33.0 Å². The van der Waals surface area contributed by atoms with Gasteiger partial charge in [-0.3, -0.25) is 0 Å². The van der Waals surface area contributed by atoms with Gasteiger partial charge in [-0.25, -0.2) is 4.39 Å². The lowest BCUT2D eigenvalue weighted by Crippen LogP contribution is -1.94. The summed E-state index contributed by atoms with van der Waals surface area (Å²) < 4.78 is 14.0. The highest BCUT2D eigenvalue weighted by molar-refractivity contribution is 9.10. The molecule has 0 spiro atoms. The second-order valence-electron chi connectivity index (χ2n) is 2.53. The summed E-state index contributed by atoms with van der Waals surface area (Å²) in [5, 5.41) is 0.0871. The SMILES string of the molecule is O=CCCc1c(Br)ccc(Cl)c1F. The van der Waals surface area contributed by atoms with Crippen molar-refractivity contribution >= 4 is 33.8 Å². The second-order valence-corrected chi connectivity index (χ2v) is 3.79. The van der Waals surface area contributed by atoms with E-state index in [0.29, 0.717) is 22.9 Å². The third kappa shape index (κ3) is 2.51. The molecular weight excluding hydrogens is 258 g/mol. The van der Waals surface area contributed by atoms with Crippen LogP contribution in [-0.2, 0) is 11.2 Å². The van der Waals surface area contributed by atoms with Crippen LogP contribution in [0.5, 0.6) is 0 Å². The van der Waals surface area contributed by atoms with E-state index < -0.39 is 5.82 Å². The monoisotopic (exact) mass is 264 g/mol. The Morgan fingerprint density at radius 2 is 2.23 bits per heavy atom. The quantitative estimate of drug-likeness (QED) is 0.605. The Balaban J connectivity index is 3.02. The van der Waals surface area contributed by atoms with Crippen LogP contribution >= 0.6 is 27.5 Å². The van der Waals surface area contributed by atoms with Crippen LogP contribution in [0, 0.1) is 5.82 Å². The first-order valence-corrected chi connectivity index (χ1v) is 4.90. The summed E-state index contributed by atoms with van der Waals surface area (Å²) in [6, 6.07) is 3.15. The fourth-order valence-corrected chi connectivity index (χ4v) is 1.68. The minimum atomic E-state index is -0.446. The van der Waals surface area contributed by atoms with Crippen molar-refractivity contribution in [1.82, 2.24) is 0 Å². The highest BCUT2D eigenvalue weighted by Crippen LogP contribution is 2.26. The number of carbonyl (C=O) groups excluding carboxylic acids is 1. The maximum absolute atomic E-state index is 13.3. The van der Waals surface area contributed by atoms with Crippen LogP contribution in [-0.4, -0.2) is 6.29 Å². The fraction of sp³-hybridized carbons (Fsp3) is 0.222. The molecule has 4 heteroatoms. The minimum Gasteiger partial charge on any atom is -0.303 e. The Bertz CT molecular complexity index is 328. The van der Waals surface area contributed by atoms with E-state index in [1.54, 1.807) is 6.07 Å². The van der Waals surface area contributed by atoms with E-state index in [9.17, 15) is 9.18 Å². The van der Waals surface area contributed by atoms with Gasteiger partial charge in [0.25, 0.3) is 0 Å². The van der Waals surface area contributed by atoms with Crippen molar-refractivity contribution in [2.45, 2.75) is 12.8 Å². The lowest BCUT2D eigenvalue weighted by atomic mass is 10.1. The van der Waals surface area contributed by atoms with Gasteiger partial charge in [0.05, 0.1) is 5.02 Å². The van der Waals surface area contributed by atoms with Gasteiger partial charge in [0.15, 0.2) is 0 Å². The number of hydrogen-bond acceptors (Lipinski definition) is 1. The number of hydrogen-bond donors (Lipinski definition) is 0. The van der Waals surface area contributed by atoms with Gasteiger partial charge in [0.2, 0.25) is 0 Å². The Morgan fingerprint density at radius 1 is 1.54 bits per heavy atom. The predicted molar refractivity (Wildman–Crippen MR) is 53.5 cm³/mol. The largest absolute Gasteiger partial charge is 0.303 e. The normalized spacial score (nSPS) is 10.1. The first kappa shape index (κ1) is 10.7. The van der Waals surface area contributed by atoms with E-state index in [1.165, 1.54) is 6.07 Å². The summed E-state index contributed by atoms with van der Waals surface area (Å²) in [4.78, 5) is 10.1. The van der Waals surface area contributed by atoms with E-state index >= 15 is 0 Å². The van der Waals surface area contributed by atoms with Gasteiger partial charge in [-0.1, -0.05) is 27.5 Å². The molecule has 1 aromatic rings. The van der Waals surface area contributed by atoms with Crippen molar-refractivity contribution in [2.75, 3.05) is 0 Å². The Hall–Kier alpha value is -0.410. The number of benzene rings is 1. The highest BCUT2D eigenvalue weighted by Gasteiger charge is 2.09. The Kier molecular flexibility index (Phi) is 3.88. The molecule has 0 aliphatic rings. The molecule has 70 valence electrons. The van der Waals surface area contributed by atoms with E-state index in [0.717, 1.165) is 6.29 Å². The molecule has 0 radical (unpaired) electrons. The summed E-state index contributed by atoms with van der Waals surface area (Å²) in [5.41, 5.74) is 0.458. The Morgan fingerprint density at radius 3 is 2.85 bits per heavy atom. The molecule has 1 aromatic carbocycles. The van der Waals surface area contributed by atoms with Crippen LogP contribution in [0.1, 0.15) is 12.0 Å². The van der Waals surface area contributed by atoms with Crippen LogP contribution in [0.2, 0.25) is 5.02 Å². The molecule has 1 nitrogen and oxygen atoms in total. The van der Waals surface area contributed by atoms with Crippen molar-refractivity contribution in [2.24, 2.45) is 0 Å². The number of rotatable bonds is 3. The Labute approximate surface area is 89.0 Å². The number of carbonyl (C=O) groups is 1. The molecule has 0 saturated carbocycles. The molecule has 0 amide bonds. The zero-order valence-electron chi connectivity index (χ0n) is 6.69. The molecule has 0 N–H and O–H groups in total. The standard InChI is InChI=1S/C9H7BrClFO/c10-7-3-4-8(11)9(12)6(7)2-1-5-13/h3-5H,1-2H2. The molecular formula is C9H7BrClFO. The van der Waals surface area contributed by atoms with Gasteiger partial charge in [-0.05, 0) is 18.6 Å². The van der Waals surface area contributed by atoms with Gasteiger partial charge in [0.1, 0.15) is 12.1 Å². The van der Waals surface area contributed by atoms with E-state index in [-0.39, 0.29) is 5.02 Å². The first-order chi connectivity index (χ1) is 6.16. The van der Waals surface area contributed by atoms with Crippen LogP contribution < -0.4 is 0 Å². The molecule has 0 saturated heterocycles. The van der Waals surface area contributed by atoms with E-state index in [1.807, 2.05) is 0 Å². The number of halogens is 3. The van der Waals surface area contributed by atoms with Crippen molar-refractivity contribution < 1.29 is 9.18 Å². The van der Waals surface area contributed by atoms with Crippen LogP contribution in [0.4, 0.5) is 4.39 Å². The van der Waals surface area contributed by atoms with Gasteiger partial charge < -0.3 is 4.79 Å². The summed E-state index contributed by atoms with van der Waals surface area (Å²) >= 11 is 8.78. The molecule has 0 fully saturated rings. The molecule has 0 unspecified atom stereocenters. The molecule has 1 rings (SSSR count). The van der Waals surface area contributed by atoms with E-state index in [4.69, 9.17) is 11.6 Å². The summed E-state index contributed by atoms with van der Waals surface area (Å²) in [6.07, 6.45) is 1.43. The maximum Gasteiger partial charge on any atom is 0.146 e. The van der Waals surface area contributed by atoms with Crippen molar-refractivity contribution in [1.29, 1.82) is 0 Å². The third-order valence-corrected chi connectivity index (χ3v) is 2.69. The second kappa shape index (κ2) is 4.72. The fourth-order valence-electron chi connectivity index (χ4n) is 1.00. The van der Waals surface area contributed by atoms with Gasteiger partial charge in [0, 0.05) is 16.5 Å². The van der Waals surface area contributed by atoms with Gasteiger partial charge in [-0.2, -0.15) is 0 Å². The highest BCUT2D eigenvalue weighted by atomic mass is 79.9. The zero-order valence-corrected chi connectivity index (χ0v) is 9.03. The molecule has 0 heterocycles. The molecule has 0 aliphatic heterocycles.